The number of hydrogen-bond acceptors (Lipinski definition) is 3. The van der Waals surface area contributed by atoms with E-state index in [1.807, 2.05) is 0 Å². The van der Waals surface area contributed by atoms with Gasteiger partial charge in [0.05, 0.1) is 12.1 Å². The first kappa shape index (κ1) is 16.6. The fourth-order valence-corrected chi connectivity index (χ4v) is 2.02. The molecule has 0 aliphatic rings. The average Bonchev–Trinajstić information content (AvgIpc) is 2.29. The first-order valence-electron chi connectivity index (χ1n) is 6.57. The summed E-state index contributed by atoms with van der Waals surface area (Å²) in [5, 5.41) is 9.70. The van der Waals surface area contributed by atoms with Gasteiger partial charge in [0, 0.05) is 20.1 Å². The fourth-order valence-electron chi connectivity index (χ4n) is 2.02. The van der Waals surface area contributed by atoms with Crippen molar-refractivity contribution >= 4 is 5.91 Å². The van der Waals surface area contributed by atoms with Crippen molar-refractivity contribution < 1.29 is 14.3 Å². The van der Waals surface area contributed by atoms with E-state index in [1.54, 1.807) is 49.9 Å². The zero-order valence-electron chi connectivity index (χ0n) is 12.6. The largest absolute Gasteiger partial charge is 0.389 e. The summed E-state index contributed by atoms with van der Waals surface area (Å²) in [6.07, 6.45) is 0. The highest BCUT2D eigenvalue weighted by Crippen LogP contribution is 2.07. The van der Waals surface area contributed by atoms with Gasteiger partial charge in [0.15, 0.2) is 0 Å². The molecule has 20 heavy (non-hydrogen) atoms. The Balaban J connectivity index is 2.48. The number of carbonyl (C=O) groups excluding carboxylic acids is 1. The van der Waals surface area contributed by atoms with Crippen LogP contribution >= 0.6 is 0 Å². The summed E-state index contributed by atoms with van der Waals surface area (Å²) < 4.78 is 12.8. The third-order valence-corrected chi connectivity index (χ3v) is 2.82. The minimum atomic E-state index is -0.829. The summed E-state index contributed by atoms with van der Waals surface area (Å²) in [6, 6.07) is 6.10. The number of benzene rings is 1. The molecule has 1 aromatic carbocycles. The van der Waals surface area contributed by atoms with Gasteiger partial charge in [-0.3, -0.25) is 9.69 Å². The van der Waals surface area contributed by atoms with Crippen molar-refractivity contribution in [1.29, 1.82) is 0 Å². The number of carbonyl (C=O) groups is 1. The first-order valence-corrected chi connectivity index (χ1v) is 6.57. The highest BCUT2D eigenvalue weighted by atomic mass is 19.1. The molecule has 0 aromatic heterocycles. The van der Waals surface area contributed by atoms with Gasteiger partial charge in [0.25, 0.3) is 0 Å². The molecule has 0 aliphatic carbocycles. The molecular formula is C15H23FN2O2. The molecule has 4 nitrogen and oxygen atoms in total. The van der Waals surface area contributed by atoms with Crippen LogP contribution in [0.2, 0.25) is 0 Å². The van der Waals surface area contributed by atoms with Crippen LogP contribution < -0.4 is 0 Å². The van der Waals surface area contributed by atoms with Crippen molar-refractivity contribution in [3.05, 3.63) is 35.6 Å². The number of likely N-dealkylation sites (N-methyl/N-ethyl adjacent to an activating group) is 2. The third kappa shape index (κ3) is 6.12. The van der Waals surface area contributed by atoms with Crippen LogP contribution in [0.4, 0.5) is 4.39 Å². The van der Waals surface area contributed by atoms with Crippen LogP contribution in [-0.2, 0) is 11.3 Å². The number of aliphatic hydroxyl groups is 1. The molecule has 0 unspecified atom stereocenters. The van der Waals surface area contributed by atoms with Gasteiger partial charge in [0.2, 0.25) is 5.91 Å². The van der Waals surface area contributed by atoms with Gasteiger partial charge in [-0.2, -0.15) is 0 Å². The molecule has 0 atom stereocenters. The first-order chi connectivity index (χ1) is 9.17. The number of nitrogens with zero attached hydrogens (tertiary/aromatic N) is 2. The van der Waals surface area contributed by atoms with Crippen LogP contribution in [0, 0.1) is 5.82 Å². The number of hydrogen-bond donors (Lipinski definition) is 1. The molecule has 1 amide bonds. The topological polar surface area (TPSA) is 43.8 Å². The van der Waals surface area contributed by atoms with E-state index in [9.17, 15) is 14.3 Å². The van der Waals surface area contributed by atoms with Crippen molar-refractivity contribution in [2.75, 3.05) is 27.2 Å². The summed E-state index contributed by atoms with van der Waals surface area (Å²) in [5.74, 6) is -0.325. The smallest absolute Gasteiger partial charge is 0.236 e. The Morgan fingerprint density at radius 3 is 2.30 bits per heavy atom. The van der Waals surface area contributed by atoms with E-state index in [1.165, 1.54) is 12.1 Å². The van der Waals surface area contributed by atoms with Crippen LogP contribution in [0.3, 0.4) is 0 Å². The Bertz CT molecular complexity index is 440. The minimum Gasteiger partial charge on any atom is -0.389 e. The van der Waals surface area contributed by atoms with E-state index in [2.05, 4.69) is 0 Å². The van der Waals surface area contributed by atoms with Crippen molar-refractivity contribution in [1.82, 2.24) is 9.80 Å². The van der Waals surface area contributed by atoms with Crippen molar-refractivity contribution in [3.63, 3.8) is 0 Å². The van der Waals surface area contributed by atoms with Crippen molar-refractivity contribution in [2.45, 2.75) is 26.0 Å². The SMILES string of the molecule is CN(CC(=O)N(C)Cc1ccc(F)cc1)CC(C)(C)O. The lowest BCUT2D eigenvalue weighted by Gasteiger charge is -2.27. The molecule has 0 saturated heterocycles. The predicted octanol–water partition coefficient (Wildman–Crippen LogP) is 1.49. The van der Waals surface area contributed by atoms with Crippen LogP contribution in [0.1, 0.15) is 19.4 Å². The quantitative estimate of drug-likeness (QED) is 0.859. The molecule has 112 valence electrons. The highest BCUT2D eigenvalue weighted by molar-refractivity contribution is 5.77. The number of rotatable bonds is 6. The molecule has 0 fully saturated rings. The summed E-state index contributed by atoms with van der Waals surface area (Å²) in [7, 11) is 3.51. The second-order valence-electron chi connectivity index (χ2n) is 5.86. The Kier molecular flexibility index (Phi) is 5.65. The van der Waals surface area contributed by atoms with E-state index in [4.69, 9.17) is 0 Å². The van der Waals surface area contributed by atoms with Gasteiger partial charge >= 0.3 is 0 Å². The van der Waals surface area contributed by atoms with Crippen LogP contribution in [-0.4, -0.2) is 53.6 Å². The molecule has 0 bridgehead atoms. The van der Waals surface area contributed by atoms with E-state index in [0.717, 1.165) is 5.56 Å². The zero-order valence-corrected chi connectivity index (χ0v) is 12.6. The molecule has 0 aliphatic heterocycles. The highest BCUT2D eigenvalue weighted by Gasteiger charge is 2.18. The van der Waals surface area contributed by atoms with Gasteiger partial charge in [-0.1, -0.05) is 12.1 Å². The summed E-state index contributed by atoms with van der Waals surface area (Å²) in [4.78, 5) is 15.4. The van der Waals surface area contributed by atoms with Gasteiger partial charge in [-0.15, -0.1) is 0 Å². The molecule has 0 saturated carbocycles. The maximum absolute atomic E-state index is 12.8. The van der Waals surface area contributed by atoms with Gasteiger partial charge in [-0.05, 0) is 38.6 Å². The van der Waals surface area contributed by atoms with Gasteiger partial charge in [-0.25, -0.2) is 4.39 Å². The van der Waals surface area contributed by atoms with Crippen LogP contribution in [0.25, 0.3) is 0 Å². The van der Waals surface area contributed by atoms with E-state index in [0.29, 0.717) is 13.1 Å². The van der Waals surface area contributed by atoms with E-state index >= 15 is 0 Å². The maximum Gasteiger partial charge on any atom is 0.236 e. The number of halogens is 1. The zero-order chi connectivity index (χ0) is 15.3. The standard InChI is InChI=1S/C15H23FN2O2/c1-15(2,20)11-17(3)10-14(19)18(4)9-12-5-7-13(16)8-6-12/h5-8,20H,9-11H2,1-4H3. The lowest BCUT2D eigenvalue weighted by Crippen LogP contribution is -2.42. The molecular weight excluding hydrogens is 259 g/mol. The summed E-state index contributed by atoms with van der Waals surface area (Å²) >= 11 is 0. The minimum absolute atomic E-state index is 0.0407. The van der Waals surface area contributed by atoms with E-state index in [-0.39, 0.29) is 18.3 Å². The summed E-state index contributed by atoms with van der Waals surface area (Å²) in [6.45, 7) is 4.51. The molecule has 0 radical (unpaired) electrons. The number of amides is 1. The average molecular weight is 282 g/mol. The van der Waals surface area contributed by atoms with Crippen LogP contribution in [0.15, 0.2) is 24.3 Å². The monoisotopic (exact) mass is 282 g/mol. The molecule has 1 aromatic rings. The van der Waals surface area contributed by atoms with Crippen molar-refractivity contribution in [2.24, 2.45) is 0 Å². The third-order valence-electron chi connectivity index (χ3n) is 2.82. The Hall–Kier alpha value is -1.46. The van der Waals surface area contributed by atoms with Gasteiger partial charge < -0.3 is 10.0 Å². The van der Waals surface area contributed by atoms with E-state index < -0.39 is 5.60 Å². The Labute approximate surface area is 119 Å². The Morgan fingerprint density at radius 2 is 1.80 bits per heavy atom. The van der Waals surface area contributed by atoms with Crippen molar-refractivity contribution in [3.8, 4) is 0 Å². The normalized spacial score (nSPS) is 11.8. The Morgan fingerprint density at radius 1 is 1.25 bits per heavy atom. The summed E-state index contributed by atoms with van der Waals surface area (Å²) in [5.41, 5.74) is 0.0530. The molecule has 0 spiro atoms. The maximum atomic E-state index is 12.8. The molecule has 1 rings (SSSR count). The molecule has 5 heteroatoms. The van der Waals surface area contributed by atoms with Crippen LogP contribution in [0.5, 0.6) is 0 Å². The second kappa shape index (κ2) is 6.81. The lowest BCUT2D eigenvalue weighted by atomic mass is 10.1. The second-order valence-corrected chi connectivity index (χ2v) is 5.86. The fraction of sp³-hybridized carbons (Fsp3) is 0.533. The predicted molar refractivity (Wildman–Crippen MR) is 76.7 cm³/mol. The molecule has 0 heterocycles. The molecule has 1 N–H and O–H groups in total. The lowest BCUT2D eigenvalue weighted by molar-refractivity contribution is -0.131. The van der Waals surface area contributed by atoms with Gasteiger partial charge in [0.1, 0.15) is 5.82 Å².